The summed E-state index contributed by atoms with van der Waals surface area (Å²) in [4.78, 5) is 11.7. The lowest BCUT2D eigenvalue weighted by Gasteiger charge is -2.09. The molecule has 128 valence electrons. The number of carbonyl (C=O) groups is 1. The lowest BCUT2D eigenvalue weighted by molar-refractivity contribution is -0.120. The molecule has 0 saturated heterocycles. The van der Waals surface area contributed by atoms with Crippen molar-refractivity contribution in [2.75, 3.05) is 13.1 Å². The zero-order valence-electron chi connectivity index (χ0n) is 12.6. The molecule has 0 aliphatic rings. The summed E-state index contributed by atoms with van der Waals surface area (Å²) in [5, 5.41) is 2.64. The Hall–Kier alpha value is -1.77. The number of nitrogens with one attached hydrogen (secondary N) is 2. The van der Waals surface area contributed by atoms with Crippen molar-refractivity contribution in [2.45, 2.75) is 11.3 Å². The molecule has 0 aliphatic carbocycles. The van der Waals surface area contributed by atoms with E-state index in [1.54, 1.807) is 0 Å². The highest BCUT2D eigenvalue weighted by Gasteiger charge is 2.17. The van der Waals surface area contributed by atoms with E-state index in [4.69, 9.17) is 0 Å². The van der Waals surface area contributed by atoms with E-state index in [0.717, 1.165) is 17.7 Å². The minimum atomic E-state index is -3.78. The zero-order valence-corrected chi connectivity index (χ0v) is 15.0. The van der Waals surface area contributed by atoms with Gasteiger partial charge in [-0.1, -0.05) is 30.3 Å². The van der Waals surface area contributed by atoms with Crippen LogP contribution >= 0.6 is 15.9 Å². The molecule has 1 amide bonds. The van der Waals surface area contributed by atoms with Gasteiger partial charge < -0.3 is 5.32 Å². The third kappa shape index (κ3) is 5.40. The molecule has 24 heavy (non-hydrogen) atoms. The minimum absolute atomic E-state index is 0.0344. The van der Waals surface area contributed by atoms with E-state index < -0.39 is 15.8 Å². The third-order valence-electron chi connectivity index (χ3n) is 3.13. The van der Waals surface area contributed by atoms with E-state index in [1.165, 1.54) is 6.07 Å². The Morgan fingerprint density at radius 1 is 1.08 bits per heavy atom. The molecule has 2 N–H and O–H groups in total. The molecule has 2 rings (SSSR count). The Morgan fingerprint density at radius 2 is 1.79 bits per heavy atom. The molecule has 5 nitrogen and oxygen atoms in total. The van der Waals surface area contributed by atoms with Crippen molar-refractivity contribution in [1.82, 2.24) is 10.0 Å². The summed E-state index contributed by atoms with van der Waals surface area (Å²) in [6, 6.07) is 12.6. The van der Waals surface area contributed by atoms with Gasteiger partial charge in [-0.2, -0.15) is 0 Å². The molecule has 0 unspecified atom stereocenters. The van der Waals surface area contributed by atoms with Gasteiger partial charge >= 0.3 is 0 Å². The maximum atomic E-state index is 13.0. The Kier molecular flexibility index (Phi) is 6.47. The summed E-state index contributed by atoms with van der Waals surface area (Å²) in [5.41, 5.74) is 0.880. The highest BCUT2D eigenvalue weighted by atomic mass is 79.9. The first-order valence-electron chi connectivity index (χ1n) is 7.14. The molecule has 0 fully saturated rings. The molecule has 0 bridgehead atoms. The largest absolute Gasteiger partial charge is 0.355 e. The molecule has 0 heterocycles. The Bertz CT molecular complexity index is 813. The molecule has 0 spiro atoms. The van der Waals surface area contributed by atoms with E-state index >= 15 is 0 Å². The molecular formula is C16H16BrFN2O3S. The van der Waals surface area contributed by atoms with Gasteiger partial charge in [-0.25, -0.2) is 17.5 Å². The van der Waals surface area contributed by atoms with Crippen LogP contribution in [0.3, 0.4) is 0 Å². The van der Waals surface area contributed by atoms with E-state index in [1.807, 2.05) is 30.3 Å². The van der Waals surface area contributed by atoms with Gasteiger partial charge in [0.25, 0.3) is 0 Å². The van der Waals surface area contributed by atoms with Crippen LogP contribution in [0.1, 0.15) is 5.56 Å². The van der Waals surface area contributed by atoms with Crippen LogP contribution in [-0.2, 0) is 21.2 Å². The highest BCUT2D eigenvalue weighted by molar-refractivity contribution is 9.10. The standard InChI is InChI=1S/C16H16BrFN2O3S/c17-14-11-13(18)6-7-15(14)24(22,23)20-9-8-19-16(21)10-12-4-2-1-3-5-12/h1-7,11,20H,8-10H2,(H,19,21). The van der Waals surface area contributed by atoms with E-state index in [-0.39, 0.29) is 34.8 Å². The summed E-state index contributed by atoms with van der Waals surface area (Å²) >= 11 is 3.02. The second-order valence-electron chi connectivity index (χ2n) is 4.98. The van der Waals surface area contributed by atoms with Gasteiger partial charge in [-0.15, -0.1) is 0 Å². The Morgan fingerprint density at radius 3 is 2.46 bits per heavy atom. The van der Waals surface area contributed by atoms with Gasteiger partial charge in [0.2, 0.25) is 15.9 Å². The molecule has 8 heteroatoms. The van der Waals surface area contributed by atoms with Crippen LogP contribution in [0.15, 0.2) is 57.9 Å². The number of hydrogen-bond acceptors (Lipinski definition) is 3. The van der Waals surface area contributed by atoms with Gasteiger partial charge in [-0.05, 0) is 39.7 Å². The summed E-state index contributed by atoms with van der Waals surface area (Å²) in [6.07, 6.45) is 0.233. The fourth-order valence-electron chi connectivity index (χ4n) is 2.00. The number of benzene rings is 2. The zero-order chi connectivity index (χ0) is 17.6. The number of amides is 1. The molecule has 0 radical (unpaired) electrons. The maximum absolute atomic E-state index is 13.0. The first-order chi connectivity index (χ1) is 11.4. The molecule has 0 saturated carbocycles. The maximum Gasteiger partial charge on any atom is 0.241 e. The minimum Gasteiger partial charge on any atom is -0.355 e. The van der Waals surface area contributed by atoms with Gasteiger partial charge in [0.1, 0.15) is 5.82 Å². The van der Waals surface area contributed by atoms with Crippen molar-refractivity contribution in [3.63, 3.8) is 0 Å². The molecular weight excluding hydrogens is 399 g/mol. The average Bonchev–Trinajstić information content (AvgIpc) is 2.52. The summed E-state index contributed by atoms with van der Waals surface area (Å²) in [5.74, 6) is -0.725. The lowest BCUT2D eigenvalue weighted by atomic mass is 10.1. The SMILES string of the molecule is O=C(Cc1ccccc1)NCCNS(=O)(=O)c1ccc(F)cc1Br. The van der Waals surface area contributed by atoms with Gasteiger partial charge in [0.05, 0.1) is 11.3 Å². The van der Waals surface area contributed by atoms with Crippen molar-refractivity contribution < 1.29 is 17.6 Å². The monoisotopic (exact) mass is 414 g/mol. The predicted octanol–water partition coefficient (Wildman–Crippen LogP) is 2.23. The van der Waals surface area contributed by atoms with Crippen LogP contribution in [-0.4, -0.2) is 27.4 Å². The third-order valence-corrected chi connectivity index (χ3v) is 5.57. The number of sulfonamides is 1. The smallest absolute Gasteiger partial charge is 0.241 e. The van der Waals surface area contributed by atoms with Crippen LogP contribution in [0, 0.1) is 5.82 Å². The number of halogens is 2. The fraction of sp³-hybridized carbons (Fsp3) is 0.188. The lowest BCUT2D eigenvalue weighted by Crippen LogP contribution is -2.35. The molecule has 0 aliphatic heterocycles. The Labute approximate surface area is 148 Å². The van der Waals surface area contributed by atoms with Crippen LogP contribution in [0.25, 0.3) is 0 Å². The van der Waals surface area contributed by atoms with Crippen molar-refractivity contribution in [3.05, 3.63) is 64.4 Å². The summed E-state index contributed by atoms with van der Waals surface area (Å²) in [7, 11) is -3.78. The molecule has 0 aromatic heterocycles. The second-order valence-corrected chi connectivity index (χ2v) is 7.57. The number of hydrogen-bond donors (Lipinski definition) is 2. The fourth-order valence-corrected chi connectivity index (χ4v) is 4.08. The summed E-state index contributed by atoms with van der Waals surface area (Å²) in [6.45, 7) is 0.191. The predicted molar refractivity (Wildman–Crippen MR) is 92.4 cm³/mol. The average molecular weight is 415 g/mol. The first kappa shape index (κ1) is 18.6. The quantitative estimate of drug-likeness (QED) is 0.682. The van der Waals surface area contributed by atoms with Crippen LogP contribution < -0.4 is 10.0 Å². The Balaban J connectivity index is 1.82. The highest BCUT2D eigenvalue weighted by Crippen LogP contribution is 2.22. The van der Waals surface area contributed by atoms with Gasteiger partial charge in [-0.3, -0.25) is 4.79 Å². The molecule has 2 aromatic rings. The number of carbonyl (C=O) groups excluding carboxylic acids is 1. The topological polar surface area (TPSA) is 75.3 Å². The van der Waals surface area contributed by atoms with Crippen molar-refractivity contribution in [2.24, 2.45) is 0 Å². The van der Waals surface area contributed by atoms with Crippen LogP contribution in [0.5, 0.6) is 0 Å². The second kappa shape index (κ2) is 8.36. The number of rotatable bonds is 7. The van der Waals surface area contributed by atoms with Crippen molar-refractivity contribution in [3.8, 4) is 0 Å². The normalized spacial score (nSPS) is 11.2. The van der Waals surface area contributed by atoms with Crippen LogP contribution in [0.2, 0.25) is 0 Å². The molecule has 0 atom stereocenters. The summed E-state index contributed by atoms with van der Waals surface area (Å²) < 4.78 is 39.8. The van der Waals surface area contributed by atoms with Crippen LogP contribution in [0.4, 0.5) is 4.39 Å². The van der Waals surface area contributed by atoms with Gasteiger partial charge in [0, 0.05) is 17.6 Å². The molecule has 2 aromatic carbocycles. The first-order valence-corrected chi connectivity index (χ1v) is 9.41. The van der Waals surface area contributed by atoms with Crippen molar-refractivity contribution >= 4 is 31.9 Å². The van der Waals surface area contributed by atoms with E-state index in [0.29, 0.717) is 0 Å². The van der Waals surface area contributed by atoms with E-state index in [9.17, 15) is 17.6 Å². The van der Waals surface area contributed by atoms with Crippen molar-refractivity contribution in [1.29, 1.82) is 0 Å². The van der Waals surface area contributed by atoms with Gasteiger partial charge in [0.15, 0.2) is 0 Å². The van der Waals surface area contributed by atoms with E-state index in [2.05, 4.69) is 26.0 Å².